The lowest BCUT2D eigenvalue weighted by atomic mass is 10.0. The van der Waals surface area contributed by atoms with E-state index in [9.17, 15) is 0 Å². The molecular formula is C15H22IN3. The van der Waals surface area contributed by atoms with Crippen LogP contribution in [0.5, 0.6) is 0 Å². The first-order valence-electron chi connectivity index (χ1n) is 6.12. The number of halogens is 1. The van der Waals surface area contributed by atoms with Gasteiger partial charge in [0.1, 0.15) is 0 Å². The highest BCUT2D eigenvalue weighted by atomic mass is 127. The summed E-state index contributed by atoms with van der Waals surface area (Å²) in [6.45, 7) is 5.59. The third-order valence-electron chi connectivity index (χ3n) is 2.80. The molecule has 0 aliphatic heterocycles. The van der Waals surface area contributed by atoms with Crippen LogP contribution in [0.25, 0.3) is 0 Å². The van der Waals surface area contributed by atoms with Crippen LogP contribution in [0.3, 0.4) is 0 Å². The molecule has 0 heterocycles. The lowest BCUT2D eigenvalue weighted by Crippen LogP contribution is -2.39. The summed E-state index contributed by atoms with van der Waals surface area (Å²) in [5, 5.41) is 6.30. The van der Waals surface area contributed by atoms with Crippen LogP contribution in [0.4, 0.5) is 0 Å². The number of aliphatic imine (C=N–C) groups is 1. The minimum atomic E-state index is 0. The highest BCUT2D eigenvalue weighted by molar-refractivity contribution is 14.0. The molecule has 0 saturated heterocycles. The Morgan fingerprint density at radius 3 is 2.47 bits per heavy atom. The normalized spacial score (nSPS) is 12.0. The van der Waals surface area contributed by atoms with Gasteiger partial charge in [-0.3, -0.25) is 4.99 Å². The molecule has 0 saturated carbocycles. The predicted molar refractivity (Wildman–Crippen MR) is 93.2 cm³/mol. The van der Waals surface area contributed by atoms with Crippen LogP contribution >= 0.6 is 24.0 Å². The Bertz CT molecular complexity index is 432. The molecule has 0 bridgehead atoms. The van der Waals surface area contributed by atoms with Gasteiger partial charge in [0.05, 0.1) is 6.54 Å². The number of hydrogen-bond donors (Lipinski definition) is 2. The average molecular weight is 371 g/mol. The third-order valence-corrected chi connectivity index (χ3v) is 2.80. The van der Waals surface area contributed by atoms with E-state index in [0.29, 0.717) is 12.5 Å². The van der Waals surface area contributed by atoms with Crippen LogP contribution in [0, 0.1) is 19.3 Å². The zero-order chi connectivity index (χ0) is 13.4. The molecule has 0 radical (unpaired) electrons. The number of terminal acetylenes is 1. The molecule has 1 rings (SSSR count). The second-order valence-corrected chi connectivity index (χ2v) is 4.32. The van der Waals surface area contributed by atoms with E-state index in [-0.39, 0.29) is 24.0 Å². The minimum absolute atomic E-state index is 0. The molecule has 104 valence electrons. The summed E-state index contributed by atoms with van der Waals surface area (Å²) in [7, 11) is 1.74. The van der Waals surface area contributed by atoms with Crippen LogP contribution in [0.2, 0.25) is 0 Å². The van der Waals surface area contributed by atoms with E-state index < -0.39 is 0 Å². The monoisotopic (exact) mass is 371 g/mol. The second-order valence-electron chi connectivity index (χ2n) is 4.32. The molecule has 1 aromatic rings. The SMILES string of the molecule is C#CCNC(=NC)NCC(C)c1ccc(C)cc1.I. The standard InChI is InChI=1S/C15H21N3.HI/c1-5-10-17-15(16-4)18-11-13(3)14-8-6-12(2)7-9-14;/h1,6-9,13H,10-11H2,2-4H3,(H2,16,17,18);1H. The summed E-state index contributed by atoms with van der Waals surface area (Å²) < 4.78 is 0. The van der Waals surface area contributed by atoms with Crippen molar-refractivity contribution in [1.29, 1.82) is 0 Å². The average Bonchev–Trinajstić information content (AvgIpc) is 2.39. The van der Waals surface area contributed by atoms with Gasteiger partial charge in [-0.1, -0.05) is 42.7 Å². The Kier molecular flexibility index (Phi) is 9.06. The van der Waals surface area contributed by atoms with Gasteiger partial charge in [-0.25, -0.2) is 0 Å². The molecule has 1 atom stereocenters. The van der Waals surface area contributed by atoms with Gasteiger partial charge in [0.2, 0.25) is 0 Å². The maximum Gasteiger partial charge on any atom is 0.191 e. The van der Waals surface area contributed by atoms with E-state index in [0.717, 1.165) is 12.5 Å². The molecule has 0 fully saturated rings. The van der Waals surface area contributed by atoms with Gasteiger partial charge in [0.25, 0.3) is 0 Å². The lowest BCUT2D eigenvalue weighted by Gasteiger charge is -2.15. The molecule has 0 aliphatic rings. The number of aryl methyl sites for hydroxylation is 1. The zero-order valence-electron chi connectivity index (χ0n) is 11.7. The van der Waals surface area contributed by atoms with Crippen molar-refractivity contribution in [2.24, 2.45) is 4.99 Å². The summed E-state index contributed by atoms with van der Waals surface area (Å²) in [4.78, 5) is 4.10. The van der Waals surface area contributed by atoms with Gasteiger partial charge >= 0.3 is 0 Å². The summed E-state index contributed by atoms with van der Waals surface area (Å²) in [6.07, 6.45) is 5.20. The smallest absolute Gasteiger partial charge is 0.191 e. The van der Waals surface area contributed by atoms with Gasteiger partial charge in [-0.2, -0.15) is 0 Å². The van der Waals surface area contributed by atoms with Crippen LogP contribution in [-0.2, 0) is 0 Å². The topological polar surface area (TPSA) is 36.4 Å². The van der Waals surface area contributed by atoms with E-state index in [4.69, 9.17) is 6.42 Å². The van der Waals surface area contributed by atoms with E-state index >= 15 is 0 Å². The Morgan fingerprint density at radius 2 is 1.95 bits per heavy atom. The fourth-order valence-corrected chi connectivity index (χ4v) is 1.62. The van der Waals surface area contributed by atoms with Crippen LogP contribution < -0.4 is 10.6 Å². The fraction of sp³-hybridized carbons (Fsp3) is 0.400. The van der Waals surface area contributed by atoms with Gasteiger partial charge in [0, 0.05) is 13.6 Å². The van der Waals surface area contributed by atoms with Gasteiger partial charge < -0.3 is 10.6 Å². The van der Waals surface area contributed by atoms with E-state index in [1.807, 2.05) is 0 Å². The summed E-state index contributed by atoms with van der Waals surface area (Å²) in [6, 6.07) is 8.60. The Labute approximate surface area is 133 Å². The quantitative estimate of drug-likeness (QED) is 0.369. The Balaban J connectivity index is 0.00000324. The maximum atomic E-state index is 5.20. The summed E-state index contributed by atoms with van der Waals surface area (Å²) in [5.41, 5.74) is 2.60. The molecule has 19 heavy (non-hydrogen) atoms. The largest absolute Gasteiger partial charge is 0.356 e. The first kappa shape index (κ1) is 17.8. The Hall–Kier alpha value is -1.22. The Morgan fingerprint density at radius 1 is 1.32 bits per heavy atom. The number of nitrogens with zero attached hydrogens (tertiary/aromatic N) is 1. The van der Waals surface area contributed by atoms with Crippen molar-refractivity contribution in [3.05, 3.63) is 35.4 Å². The fourth-order valence-electron chi connectivity index (χ4n) is 1.62. The van der Waals surface area contributed by atoms with Gasteiger partial charge in [0.15, 0.2) is 5.96 Å². The van der Waals surface area contributed by atoms with Gasteiger partial charge in [-0.05, 0) is 18.4 Å². The lowest BCUT2D eigenvalue weighted by molar-refractivity contribution is 0.706. The summed E-state index contributed by atoms with van der Waals surface area (Å²) >= 11 is 0. The predicted octanol–water partition coefficient (Wildman–Crippen LogP) is 2.51. The number of nitrogens with one attached hydrogen (secondary N) is 2. The van der Waals surface area contributed by atoms with E-state index in [1.54, 1.807) is 7.05 Å². The highest BCUT2D eigenvalue weighted by Crippen LogP contribution is 2.14. The number of hydrogen-bond acceptors (Lipinski definition) is 1. The first-order chi connectivity index (χ1) is 8.67. The van der Waals surface area contributed by atoms with Crippen molar-refractivity contribution in [3.63, 3.8) is 0 Å². The first-order valence-corrected chi connectivity index (χ1v) is 6.12. The molecule has 2 N–H and O–H groups in total. The van der Waals surface area contributed by atoms with Crippen LogP contribution in [0.15, 0.2) is 29.3 Å². The molecule has 0 aromatic heterocycles. The molecular weight excluding hydrogens is 349 g/mol. The second kappa shape index (κ2) is 9.68. The number of benzene rings is 1. The van der Waals surface area contributed by atoms with Gasteiger partial charge in [-0.15, -0.1) is 30.4 Å². The minimum Gasteiger partial charge on any atom is -0.356 e. The maximum absolute atomic E-state index is 5.20. The van der Waals surface area contributed by atoms with Crippen LogP contribution in [-0.4, -0.2) is 26.1 Å². The van der Waals surface area contributed by atoms with Crippen molar-refractivity contribution in [1.82, 2.24) is 10.6 Å². The van der Waals surface area contributed by atoms with E-state index in [2.05, 4.69) is 59.7 Å². The van der Waals surface area contributed by atoms with Crippen molar-refractivity contribution >= 4 is 29.9 Å². The molecule has 3 nitrogen and oxygen atoms in total. The molecule has 1 aromatic carbocycles. The molecule has 0 amide bonds. The van der Waals surface area contributed by atoms with Crippen molar-refractivity contribution in [2.45, 2.75) is 19.8 Å². The molecule has 1 unspecified atom stereocenters. The van der Waals surface area contributed by atoms with Crippen molar-refractivity contribution in [3.8, 4) is 12.3 Å². The van der Waals surface area contributed by atoms with Crippen molar-refractivity contribution in [2.75, 3.05) is 20.1 Å². The van der Waals surface area contributed by atoms with Crippen LogP contribution in [0.1, 0.15) is 24.0 Å². The third kappa shape index (κ3) is 6.48. The molecule has 0 spiro atoms. The zero-order valence-corrected chi connectivity index (χ0v) is 14.1. The number of guanidine groups is 1. The molecule has 0 aliphatic carbocycles. The highest BCUT2D eigenvalue weighted by Gasteiger charge is 2.05. The molecule has 4 heteroatoms. The van der Waals surface area contributed by atoms with Crippen molar-refractivity contribution < 1.29 is 0 Å². The van der Waals surface area contributed by atoms with E-state index in [1.165, 1.54) is 11.1 Å². The number of rotatable bonds is 4. The summed E-state index contributed by atoms with van der Waals surface area (Å²) in [5.74, 6) is 3.69.